The molecule has 0 spiro atoms. The number of Topliss-reactive ketones (excluding diaryl/α,β-unsaturated/α-hetero) is 1. The second-order valence-corrected chi connectivity index (χ2v) is 4.30. The minimum absolute atomic E-state index is 0.0326. The molecule has 0 N–H and O–H groups in total. The summed E-state index contributed by atoms with van der Waals surface area (Å²) in [6.07, 6.45) is 3.71. The van der Waals surface area contributed by atoms with Crippen molar-refractivity contribution in [3.8, 4) is 0 Å². The Morgan fingerprint density at radius 1 is 1.67 bits per heavy atom. The van der Waals surface area contributed by atoms with Crippen LogP contribution in [0.2, 0.25) is 0 Å². The molecule has 2 atom stereocenters. The highest BCUT2D eigenvalue weighted by Gasteiger charge is 2.36. The fourth-order valence-electron chi connectivity index (χ4n) is 1.55. The molecule has 1 nitrogen and oxygen atoms in total. The molecular weight excluding hydrogens is 195 g/mol. The highest BCUT2D eigenvalue weighted by Crippen LogP contribution is 2.39. The normalized spacial score (nSPS) is 37.6. The predicted molar refractivity (Wildman–Crippen MR) is 51.6 cm³/mol. The lowest BCUT2D eigenvalue weighted by Gasteiger charge is -2.34. The van der Waals surface area contributed by atoms with E-state index in [1.165, 1.54) is 5.54 Å². The van der Waals surface area contributed by atoms with Crippen molar-refractivity contribution in [2.75, 3.05) is 0 Å². The van der Waals surface area contributed by atoms with Gasteiger partial charge in [-0.15, -0.1) is 11.6 Å². The molecule has 3 heteroatoms. The lowest BCUT2D eigenvalue weighted by Crippen LogP contribution is -2.34. The molecule has 2 unspecified atom stereocenters. The van der Waals surface area contributed by atoms with Crippen molar-refractivity contribution in [3.05, 3.63) is 11.6 Å². The number of hydrogen-bond donors (Lipinski definition) is 0. The lowest BCUT2D eigenvalue weighted by molar-refractivity contribution is -0.122. The predicted octanol–water partition coefficient (Wildman–Crippen LogP) is 3.11. The summed E-state index contributed by atoms with van der Waals surface area (Å²) in [4.78, 5) is 11.2. The Kier molecular flexibility index (Phi) is 3.19. The van der Waals surface area contributed by atoms with Crippen molar-refractivity contribution < 1.29 is 4.79 Å². The molecule has 0 amide bonds. The number of allylic oxidation sites excluding steroid dienone is 1. The van der Waals surface area contributed by atoms with Crippen LogP contribution in [0.5, 0.6) is 0 Å². The number of rotatable bonds is 1. The van der Waals surface area contributed by atoms with Gasteiger partial charge in [0.1, 0.15) is 5.78 Å². The molecule has 0 aromatic rings. The number of halogens is 2. The first-order chi connectivity index (χ1) is 5.58. The van der Waals surface area contributed by atoms with Gasteiger partial charge in [-0.2, -0.15) is 0 Å². The summed E-state index contributed by atoms with van der Waals surface area (Å²) < 4.78 is 0. The average molecular weight is 207 g/mol. The minimum Gasteiger partial charge on any atom is -0.300 e. The first-order valence-electron chi connectivity index (χ1n) is 4.02. The van der Waals surface area contributed by atoms with E-state index in [0.29, 0.717) is 12.8 Å². The number of carbonyl (C=O) groups is 1. The topological polar surface area (TPSA) is 17.1 Å². The van der Waals surface area contributed by atoms with Gasteiger partial charge < -0.3 is 0 Å². The van der Waals surface area contributed by atoms with Crippen LogP contribution in [0.15, 0.2) is 11.6 Å². The van der Waals surface area contributed by atoms with E-state index in [2.05, 4.69) is 0 Å². The van der Waals surface area contributed by atoms with Gasteiger partial charge in [-0.05, 0) is 6.42 Å². The largest absolute Gasteiger partial charge is 0.300 e. The third-order valence-corrected chi connectivity index (χ3v) is 3.26. The van der Waals surface area contributed by atoms with Crippen molar-refractivity contribution in [3.63, 3.8) is 0 Å². The maximum Gasteiger partial charge on any atom is 0.133 e. The summed E-state index contributed by atoms with van der Waals surface area (Å²) in [7, 11) is 0. The van der Waals surface area contributed by atoms with Crippen LogP contribution in [0.4, 0.5) is 0 Å². The van der Waals surface area contributed by atoms with E-state index in [1.54, 1.807) is 0 Å². The van der Waals surface area contributed by atoms with E-state index in [9.17, 15) is 4.79 Å². The minimum atomic E-state index is -0.237. The van der Waals surface area contributed by atoms with Crippen molar-refractivity contribution >= 4 is 29.0 Å². The van der Waals surface area contributed by atoms with Crippen molar-refractivity contribution in [1.29, 1.82) is 0 Å². The zero-order valence-electron chi connectivity index (χ0n) is 7.02. The quantitative estimate of drug-likeness (QED) is 0.603. The standard InChI is InChI=1S/C9H12Cl2O/c1-9(4-5-10)6-7(12)2-3-8(9)11/h4-5,8H,2-3,6H2,1H3/b5-4+. The molecule has 0 aromatic heterocycles. The fraction of sp³-hybridized carbons (Fsp3) is 0.667. The summed E-state index contributed by atoms with van der Waals surface area (Å²) in [5.74, 6) is 0.282. The Hall–Kier alpha value is -0.0100. The molecule has 68 valence electrons. The van der Waals surface area contributed by atoms with E-state index in [1.807, 2.05) is 13.0 Å². The number of carbonyl (C=O) groups excluding carboxylic acids is 1. The summed E-state index contributed by atoms with van der Waals surface area (Å²) in [5.41, 5.74) is 1.21. The molecule has 0 heterocycles. The molecule has 0 aliphatic heterocycles. The average Bonchev–Trinajstić information content (AvgIpc) is 1.98. The molecule has 1 saturated carbocycles. The monoisotopic (exact) mass is 206 g/mol. The molecule has 0 bridgehead atoms. The molecule has 1 aliphatic rings. The van der Waals surface area contributed by atoms with E-state index in [4.69, 9.17) is 23.2 Å². The molecule has 1 aliphatic carbocycles. The van der Waals surface area contributed by atoms with E-state index in [-0.39, 0.29) is 16.6 Å². The maximum atomic E-state index is 11.2. The van der Waals surface area contributed by atoms with Gasteiger partial charge in [-0.3, -0.25) is 4.79 Å². The number of alkyl halides is 1. The van der Waals surface area contributed by atoms with E-state index < -0.39 is 0 Å². The summed E-state index contributed by atoms with van der Waals surface area (Å²) >= 11 is 11.6. The highest BCUT2D eigenvalue weighted by molar-refractivity contribution is 6.25. The zero-order chi connectivity index (χ0) is 9.19. The van der Waals surface area contributed by atoms with Gasteiger partial charge in [0.25, 0.3) is 0 Å². The summed E-state index contributed by atoms with van der Waals surface area (Å²) in [6.45, 7) is 1.97. The van der Waals surface area contributed by atoms with Gasteiger partial charge in [0, 0.05) is 29.2 Å². The second-order valence-electron chi connectivity index (χ2n) is 3.52. The zero-order valence-corrected chi connectivity index (χ0v) is 8.53. The van der Waals surface area contributed by atoms with Gasteiger partial charge >= 0.3 is 0 Å². The van der Waals surface area contributed by atoms with Crippen LogP contribution in [0, 0.1) is 5.41 Å². The SMILES string of the molecule is CC1(/C=C/Cl)CC(=O)CCC1Cl. The molecule has 1 rings (SSSR count). The van der Waals surface area contributed by atoms with Crippen LogP contribution >= 0.6 is 23.2 Å². The number of hydrogen-bond acceptors (Lipinski definition) is 1. The first-order valence-corrected chi connectivity index (χ1v) is 4.89. The third kappa shape index (κ3) is 2.02. The first kappa shape index (κ1) is 10.1. The van der Waals surface area contributed by atoms with Gasteiger partial charge in [0.05, 0.1) is 0 Å². The third-order valence-electron chi connectivity index (χ3n) is 2.41. The van der Waals surface area contributed by atoms with Gasteiger partial charge in [-0.1, -0.05) is 24.6 Å². The Bertz CT molecular complexity index is 213. The Morgan fingerprint density at radius 2 is 2.33 bits per heavy atom. The molecular formula is C9H12Cl2O. The fourth-order valence-corrected chi connectivity index (χ4v) is 2.10. The van der Waals surface area contributed by atoms with Crippen LogP contribution in [0.1, 0.15) is 26.2 Å². The summed E-state index contributed by atoms with van der Waals surface area (Å²) in [6, 6.07) is 0. The molecule has 0 aromatic carbocycles. The van der Waals surface area contributed by atoms with Crippen LogP contribution in [-0.4, -0.2) is 11.2 Å². The Labute approximate surface area is 82.7 Å². The van der Waals surface area contributed by atoms with E-state index >= 15 is 0 Å². The smallest absolute Gasteiger partial charge is 0.133 e. The molecule has 12 heavy (non-hydrogen) atoms. The van der Waals surface area contributed by atoms with Crippen LogP contribution in [-0.2, 0) is 4.79 Å². The van der Waals surface area contributed by atoms with Crippen molar-refractivity contribution in [1.82, 2.24) is 0 Å². The Balaban J connectivity index is 2.77. The Morgan fingerprint density at radius 3 is 2.92 bits per heavy atom. The van der Waals surface area contributed by atoms with Crippen LogP contribution in [0.3, 0.4) is 0 Å². The van der Waals surface area contributed by atoms with Gasteiger partial charge in [-0.25, -0.2) is 0 Å². The van der Waals surface area contributed by atoms with Crippen LogP contribution in [0.25, 0.3) is 0 Å². The van der Waals surface area contributed by atoms with Crippen molar-refractivity contribution in [2.45, 2.75) is 31.6 Å². The molecule has 0 radical (unpaired) electrons. The van der Waals surface area contributed by atoms with Gasteiger partial charge in [0.15, 0.2) is 0 Å². The highest BCUT2D eigenvalue weighted by atomic mass is 35.5. The van der Waals surface area contributed by atoms with Gasteiger partial charge in [0.2, 0.25) is 0 Å². The molecule has 0 saturated heterocycles. The lowest BCUT2D eigenvalue weighted by atomic mass is 9.75. The van der Waals surface area contributed by atoms with E-state index in [0.717, 1.165) is 6.42 Å². The summed E-state index contributed by atoms with van der Waals surface area (Å²) in [5, 5.41) is 0.0326. The molecule has 1 fully saturated rings. The number of ketones is 1. The maximum absolute atomic E-state index is 11.2. The van der Waals surface area contributed by atoms with Crippen LogP contribution < -0.4 is 0 Å². The second kappa shape index (κ2) is 3.80. The van der Waals surface area contributed by atoms with Crippen molar-refractivity contribution in [2.24, 2.45) is 5.41 Å².